The molecular formula is C16H21N7O2. The Labute approximate surface area is 144 Å². The van der Waals surface area contributed by atoms with E-state index in [0.29, 0.717) is 19.7 Å². The van der Waals surface area contributed by atoms with E-state index in [1.54, 1.807) is 10.9 Å². The van der Waals surface area contributed by atoms with E-state index < -0.39 is 0 Å². The van der Waals surface area contributed by atoms with Crippen LogP contribution < -0.4 is 5.32 Å². The van der Waals surface area contributed by atoms with Crippen LogP contribution in [0, 0.1) is 13.8 Å². The van der Waals surface area contributed by atoms with Gasteiger partial charge in [0, 0.05) is 31.9 Å². The maximum atomic E-state index is 5.99. The number of hydrogen-bond acceptors (Lipinski definition) is 7. The smallest absolute Gasteiger partial charge is 0.138 e. The maximum absolute atomic E-state index is 5.99. The number of nitrogens with zero attached hydrogens (tertiary/aromatic N) is 6. The Morgan fingerprint density at radius 1 is 1.36 bits per heavy atom. The summed E-state index contributed by atoms with van der Waals surface area (Å²) in [5.41, 5.74) is 4.80. The van der Waals surface area contributed by atoms with Gasteiger partial charge in [0.25, 0.3) is 0 Å². The fourth-order valence-electron chi connectivity index (χ4n) is 3.11. The van der Waals surface area contributed by atoms with E-state index >= 15 is 0 Å². The monoisotopic (exact) mass is 343 g/mol. The first-order chi connectivity index (χ1) is 12.1. The van der Waals surface area contributed by atoms with Crippen molar-refractivity contribution >= 4 is 0 Å². The minimum atomic E-state index is 0.0501. The van der Waals surface area contributed by atoms with E-state index in [4.69, 9.17) is 9.26 Å². The third-order valence-electron chi connectivity index (χ3n) is 4.59. The van der Waals surface area contributed by atoms with E-state index in [1.165, 1.54) is 0 Å². The highest BCUT2D eigenvalue weighted by Gasteiger charge is 2.25. The van der Waals surface area contributed by atoms with Crippen molar-refractivity contribution in [1.82, 2.24) is 35.2 Å². The minimum absolute atomic E-state index is 0.0501. The summed E-state index contributed by atoms with van der Waals surface area (Å²) in [5, 5.41) is 20.2. The highest BCUT2D eigenvalue weighted by atomic mass is 16.5. The van der Waals surface area contributed by atoms with Crippen LogP contribution in [0.4, 0.5) is 0 Å². The third-order valence-corrected chi connectivity index (χ3v) is 4.59. The number of aryl methyl sites for hydroxylation is 3. The van der Waals surface area contributed by atoms with E-state index in [1.807, 2.05) is 31.6 Å². The summed E-state index contributed by atoms with van der Waals surface area (Å²) in [6.45, 7) is 6.48. The van der Waals surface area contributed by atoms with Crippen molar-refractivity contribution in [3.8, 4) is 11.4 Å². The normalized spacial score (nSPS) is 17.0. The molecule has 0 saturated carbocycles. The molecule has 0 radical (unpaired) electrons. The zero-order chi connectivity index (χ0) is 17.4. The number of ether oxygens (including phenoxy) is 1. The molecule has 9 heteroatoms. The van der Waals surface area contributed by atoms with Gasteiger partial charge < -0.3 is 14.6 Å². The van der Waals surface area contributed by atoms with Crippen LogP contribution in [-0.4, -0.2) is 42.6 Å². The van der Waals surface area contributed by atoms with Crippen molar-refractivity contribution in [3.63, 3.8) is 0 Å². The Morgan fingerprint density at radius 2 is 2.24 bits per heavy atom. The molecule has 0 saturated heterocycles. The van der Waals surface area contributed by atoms with Gasteiger partial charge in [-0.25, -0.2) is 4.68 Å². The zero-order valence-corrected chi connectivity index (χ0v) is 14.6. The van der Waals surface area contributed by atoms with Gasteiger partial charge in [-0.15, -0.1) is 5.10 Å². The van der Waals surface area contributed by atoms with Crippen LogP contribution in [0.25, 0.3) is 11.4 Å². The van der Waals surface area contributed by atoms with Crippen molar-refractivity contribution < 1.29 is 9.26 Å². The predicted molar refractivity (Wildman–Crippen MR) is 88.5 cm³/mol. The highest BCUT2D eigenvalue weighted by Crippen LogP contribution is 2.24. The van der Waals surface area contributed by atoms with Crippen molar-refractivity contribution in [2.75, 3.05) is 6.54 Å². The molecule has 1 N–H and O–H groups in total. The molecule has 0 amide bonds. The second kappa shape index (κ2) is 6.41. The highest BCUT2D eigenvalue weighted by molar-refractivity contribution is 5.56. The largest absolute Gasteiger partial charge is 0.369 e. The summed E-state index contributed by atoms with van der Waals surface area (Å²) >= 11 is 0. The summed E-state index contributed by atoms with van der Waals surface area (Å²) in [5.74, 6) is 0.856. The molecule has 25 heavy (non-hydrogen) atoms. The van der Waals surface area contributed by atoms with Crippen LogP contribution in [0.15, 0.2) is 16.8 Å². The Kier molecular flexibility index (Phi) is 4.10. The van der Waals surface area contributed by atoms with Gasteiger partial charge in [0.15, 0.2) is 0 Å². The molecule has 3 aromatic heterocycles. The minimum Gasteiger partial charge on any atom is -0.369 e. The van der Waals surface area contributed by atoms with E-state index in [-0.39, 0.29) is 6.10 Å². The van der Waals surface area contributed by atoms with E-state index in [0.717, 1.165) is 40.6 Å². The zero-order valence-electron chi connectivity index (χ0n) is 14.6. The third kappa shape index (κ3) is 2.96. The van der Waals surface area contributed by atoms with Crippen molar-refractivity contribution in [1.29, 1.82) is 0 Å². The SMILES string of the molecule is Cc1noc(C)c1CNC[C@H]1Cn2nnc(-c3ccnn3C)c2CO1. The fourth-order valence-corrected chi connectivity index (χ4v) is 3.11. The van der Waals surface area contributed by atoms with Crippen LogP contribution in [0.1, 0.15) is 22.7 Å². The summed E-state index contributed by atoms with van der Waals surface area (Å²) < 4.78 is 14.9. The molecule has 1 atom stereocenters. The number of nitrogens with one attached hydrogen (secondary N) is 1. The average Bonchev–Trinajstić information content (AvgIpc) is 3.28. The van der Waals surface area contributed by atoms with Crippen molar-refractivity contribution in [2.24, 2.45) is 7.05 Å². The van der Waals surface area contributed by atoms with Gasteiger partial charge in [-0.2, -0.15) is 5.10 Å². The molecule has 1 aliphatic rings. The van der Waals surface area contributed by atoms with Gasteiger partial charge >= 0.3 is 0 Å². The Bertz CT molecular complexity index is 860. The molecule has 9 nitrogen and oxygen atoms in total. The van der Waals surface area contributed by atoms with E-state index in [9.17, 15) is 0 Å². The summed E-state index contributed by atoms with van der Waals surface area (Å²) in [6.07, 6.45) is 1.81. The molecule has 0 bridgehead atoms. The lowest BCUT2D eigenvalue weighted by Crippen LogP contribution is -2.36. The molecule has 4 heterocycles. The van der Waals surface area contributed by atoms with Gasteiger partial charge in [-0.3, -0.25) is 4.68 Å². The number of aromatic nitrogens is 6. The van der Waals surface area contributed by atoms with Gasteiger partial charge in [-0.05, 0) is 19.9 Å². The number of rotatable bonds is 5. The lowest BCUT2D eigenvalue weighted by molar-refractivity contribution is 0.00121. The fraction of sp³-hybridized carbons (Fsp3) is 0.500. The number of hydrogen-bond donors (Lipinski definition) is 1. The lowest BCUT2D eigenvalue weighted by Gasteiger charge is -2.24. The molecule has 3 aromatic rings. The van der Waals surface area contributed by atoms with E-state index in [2.05, 4.69) is 25.9 Å². The molecule has 0 spiro atoms. The topological polar surface area (TPSA) is 95.8 Å². The Balaban J connectivity index is 1.39. The molecule has 0 unspecified atom stereocenters. The van der Waals surface area contributed by atoms with Crippen LogP contribution in [0.3, 0.4) is 0 Å². The predicted octanol–water partition coefficient (Wildman–Crippen LogP) is 0.972. The van der Waals surface area contributed by atoms with Crippen LogP contribution >= 0.6 is 0 Å². The standard InChI is InChI=1S/C16H21N7O2/c1-10-13(11(2)25-20-10)7-17-6-12-8-23-15(9-24-12)16(19-21-23)14-4-5-18-22(14)3/h4-5,12,17H,6-9H2,1-3H3/t12-/m0/s1. The number of fused-ring (bicyclic) bond motifs is 1. The second-order valence-electron chi connectivity index (χ2n) is 6.27. The Morgan fingerprint density at radius 3 is 2.96 bits per heavy atom. The molecule has 4 rings (SSSR count). The molecule has 0 aromatic carbocycles. The van der Waals surface area contributed by atoms with Gasteiger partial charge in [0.05, 0.1) is 36.3 Å². The molecule has 1 aliphatic heterocycles. The van der Waals surface area contributed by atoms with Crippen LogP contribution in [0.2, 0.25) is 0 Å². The van der Waals surface area contributed by atoms with Crippen LogP contribution in [0.5, 0.6) is 0 Å². The quantitative estimate of drug-likeness (QED) is 0.737. The maximum Gasteiger partial charge on any atom is 0.138 e. The average molecular weight is 343 g/mol. The van der Waals surface area contributed by atoms with Crippen molar-refractivity contribution in [2.45, 2.75) is 39.6 Å². The summed E-state index contributed by atoms with van der Waals surface area (Å²) in [7, 11) is 1.90. The first-order valence-electron chi connectivity index (χ1n) is 8.28. The van der Waals surface area contributed by atoms with Gasteiger partial charge in [0.1, 0.15) is 11.5 Å². The lowest BCUT2D eigenvalue weighted by atomic mass is 10.2. The summed E-state index contributed by atoms with van der Waals surface area (Å²) in [4.78, 5) is 0. The second-order valence-corrected chi connectivity index (χ2v) is 6.27. The first kappa shape index (κ1) is 16.0. The van der Waals surface area contributed by atoms with Crippen LogP contribution in [-0.2, 0) is 31.5 Å². The van der Waals surface area contributed by atoms with Gasteiger partial charge in [0.2, 0.25) is 0 Å². The first-order valence-corrected chi connectivity index (χ1v) is 8.28. The van der Waals surface area contributed by atoms with Gasteiger partial charge in [-0.1, -0.05) is 10.4 Å². The summed E-state index contributed by atoms with van der Waals surface area (Å²) in [6, 6.07) is 1.93. The van der Waals surface area contributed by atoms with Crippen molar-refractivity contribution in [3.05, 3.63) is 35.0 Å². The Hall–Kier alpha value is -2.52. The molecule has 0 aliphatic carbocycles. The molecule has 0 fully saturated rings. The molecule has 132 valence electrons. The molecular weight excluding hydrogens is 322 g/mol.